The molecule has 24 heavy (non-hydrogen) atoms. The second kappa shape index (κ2) is 8.87. The summed E-state index contributed by atoms with van der Waals surface area (Å²) in [5.41, 5.74) is -0.0869. The van der Waals surface area contributed by atoms with Crippen LogP contribution in [0.3, 0.4) is 0 Å². The molecule has 1 heterocycles. The van der Waals surface area contributed by atoms with Gasteiger partial charge in [0.1, 0.15) is 10.4 Å². The molecule has 0 radical (unpaired) electrons. The van der Waals surface area contributed by atoms with Crippen LogP contribution in [0.2, 0.25) is 0 Å². The quantitative estimate of drug-likeness (QED) is 0.393. The third kappa shape index (κ3) is 4.38. The topological polar surface area (TPSA) is 68.7 Å². The van der Waals surface area contributed by atoms with Crippen molar-refractivity contribution in [3.63, 3.8) is 0 Å². The minimum atomic E-state index is -0.624. The van der Waals surface area contributed by atoms with Crippen molar-refractivity contribution >= 4 is 32.7 Å². The number of aromatic hydroxyl groups is 1. The number of hydrogen-bond donors (Lipinski definition) is 1. The van der Waals surface area contributed by atoms with Gasteiger partial charge >= 0.3 is 5.97 Å². The largest absolute Gasteiger partial charge is 0.505 e. The Hall–Kier alpha value is -1.82. The van der Waals surface area contributed by atoms with E-state index in [0.29, 0.717) is 34.3 Å². The van der Waals surface area contributed by atoms with Gasteiger partial charge in [0.15, 0.2) is 11.4 Å². The molecule has 0 aliphatic rings. The molecule has 1 N–H and O–H groups in total. The van der Waals surface area contributed by atoms with E-state index in [9.17, 15) is 9.90 Å². The molecule has 0 fully saturated rings. The summed E-state index contributed by atoms with van der Waals surface area (Å²) in [5, 5.41) is 11.7. The summed E-state index contributed by atoms with van der Waals surface area (Å²) in [6.45, 7) is 5.03. The standard InChI is InChI=1S/C18H22BrNO4/c1-3-5-9-23-12-7-8-13-14(11-12)16(21)15(20-17(13)19)18(22)24-10-6-4-2/h7-8,11,21H,3-6,9-10H2,1-2H3. The van der Waals surface area contributed by atoms with Crippen LogP contribution < -0.4 is 4.74 Å². The minimum Gasteiger partial charge on any atom is -0.505 e. The lowest BCUT2D eigenvalue weighted by Gasteiger charge is -2.11. The Kier molecular flexibility index (Phi) is 6.85. The molecule has 0 aliphatic carbocycles. The number of fused-ring (bicyclic) bond motifs is 1. The average molecular weight is 396 g/mol. The fourth-order valence-electron chi connectivity index (χ4n) is 2.18. The normalized spacial score (nSPS) is 10.8. The third-order valence-electron chi connectivity index (χ3n) is 3.59. The van der Waals surface area contributed by atoms with E-state index in [1.807, 2.05) is 13.0 Å². The van der Waals surface area contributed by atoms with Crippen molar-refractivity contribution in [3.8, 4) is 11.5 Å². The Morgan fingerprint density at radius 3 is 2.58 bits per heavy atom. The predicted octanol–water partition coefficient (Wildman–Crippen LogP) is 4.84. The van der Waals surface area contributed by atoms with Crippen LogP contribution in [0.1, 0.15) is 50.0 Å². The molecule has 1 aromatic carbocycles. The van der Waals surface area contributed by atoms with Crippen molar-refractivity contribution in [2.75, 3.05) is 13.2 Å². The van der Waals surface area contributed by atoms with Crippen molar-refractivity contribution in [2.24, 2.45) is 0 Å². The second-order valence-electron chi connectivity index (χ2n) is 5.50. The summed E-state index contributed by atoms with van der Waals surface area (Å²) in [7, 11) is 0. The maximum Gasteiger partial charge on any atom is 0.360 e. The van der Waals surface area contributed by atoms with E-state index >= 15 is 0 Å². The van der Waals surface area contributed by atoms with Gasteiger partial charge in [-0.2, -0.15) is 0 Å². The van der Waals surface area contributed by atoms with E-state index in [0.717, 1.165) is 25.7 Å². The van der Waals surface area contributed by atoms with Crippen LogP contribution in [0, 0.1) is 0 Å². The third-order valence-corrected chi connectivity index (χ3v) is 4.20. The van der Waals surface area contributed by atoms with E-state index in [-0.39, 0.29) is 11.4 Å². The number of carbonyl (C=O) groups is 1. The van der Waals surface area contributed by atoms with Crippen molar-refractivity contribution in [1.82, 2.24) is 4.98 Å². The Morgan fingerprint density at radius 2 is 1.88 bits per heavy atom. The summed E-state index contributed by atoms with van der Waals surface area (Å²) < 4.78 is 11.3. The molecule has 0 unspecified atom stereocenters. The van der Waals surface area contributed by atoms with Gasteiger partial charge in [-0.1, -0.05) is 26.7 Å². The highest BCUT2D eigenvalue weighted by Crippen LogP contribution is 2.35. The molecule has 0 atom stereocenters. The van der Waals surface area contributed by atoms with Gasteiger partial charge in [-0.3, -0.25) is 0 Å². The van der Waals surface area contributed by atoms with Crippen molar-refractivity contribution in [3.05, 3.63) is 28.5 Å². The van der Waals surface area contributed by atoms with Gasteiger partial charge < -0.3 is 14.6 Å². The number of carbonyl (C=O) groups excluding carboxylic acids is 1. The number of benzene rings is 1. The SMILES string of the molecule is CCCCOC(=O)c1nc(Br)c2ccc(OCCCC)cc2c1O. The summed E-state index contributed by atoms with van der Waals surface area (Å²) in [6, 6.07) is 5.35. The second-order valence-corrected chi connectivity index (χ2v) is 6.25. The maximum atomic E-state index is 12.1. The van der Waals surface area contributed by atoms with Gasteiger partial charge in [-0.05, 0) is 47.0 Å². The lowest BCUT2D eigenvalue weighted by atomic mass is 10.1. The number of pyridine rings is 1. The molecule has 1 aromatic heterocycles. The monoisotopic (exact) mass is 395 g/mol. The molecule has 2 rings (SSSR count). The van der Waals surface area contributed by atoms with Crippen LogP contribution in [0.5, 0.6) is 11.5 Å². The number of hydrogen-bond acceptors (Lipinski definition) is 5. The molecule has 5 nitrogen and oxygen atoms in total. The fraction of sp³-hybridized carbons (Fsp3) is 0.444. The molecule has 0 spiro atoms. The number of unbranched alkanes of at least 4 members (excludes halogenated alkanes) is 2. The van der Waals surface area contributed by atoms with Crippen molar-refractivity contribution in [2.45, 2.75) is 39.5 Å². The first-order chi connectivity index (χ1) is 11.6. The van der Waals surface area contributed by atoms with Crippen LogP contribution in [-0.2, 0) is 4.74 Å². The van der Waals surface area contributed by atoms with E-state index in [2.05, 4.69) is 27.8 Å². The predicted molar refractivity (Wildman–Crippen MR) is 96.7 cm³/mol. The highest BCUT2D eigenvalue weighted by Gasteiger charge is 2.20. The molecule has 6 heteroatoms. The molecule has 0 bridgehead atoms. The molecular weight excluding hydrogens is 374 g/mol. The van der Waals surface area contributed by atoms with Crippen LogP contribution in [-0.4, -0.2) is 29.3 Å². The van der Waals surface area contributed by atoms with Crippen LogP contribution in [0.25, 0.3) is 10.8 Å². The lowest BCUT2D eigenvalue weighted by molar-refractivity contribution is 0.0489. The molecule has 0 saturated heterocycles. The zero-order valence-corrected chi connectivity index (χ0v) is 15.6. The number of rotatable bonds is 8. The molecule has 0 aliphatic heterocycles. The Balaban J connectivity index is 2.33. The Bertz CT molecular complexity index is 718. The highest BCUT2D eigenvalue weighted by molar-refractivity contribution is 9.10. The van der Waals surface area contributed by atoms with Crippen LogP contribution >= 0.6 is 15.9 Å². The molecule has 130 valence electrons. The van der Waals surface area contributed by atoms with Crippen molar-refractivity contribution < 1.29 is 19.4 Å². The van der Waals surface area contributed by atoms with Gasteiger partial charge in [-0.15, -0.1) is 0 Å². The summed E-state index contributed by atoms with van der Waals surface area (Å²) >= 11 is 3.35. The van der Waals surface area contributed by atoms with E-state index in [1.54, 1.807) is 12.1 Å². The first-order valence-electron chi connectivity index (χ1n) is 8.20. The smallest absolute Gasteiger partial charge is 0.360 e. The molecule has 0 amide bonds. The zero-order valence-electron chi connectivity index (χ0n) is 14.0. The molecule has 0 saturated carbocycles. The molecule has 2 aromatic rings. The number of ether oxygens (including phenoxy) is 2. The number of nitrogens with zero attached hydrogens (tertiary/aromatic N) is 1. The Morgan fingerprint density at radius 1 is 1.17 bits per heavy atom. The fourth-order valence-corrected chi connectivity index (χ4v) is 2.71. The van der Waals surface area contributed by atoms with Gasteiger partial charge in [-0.25, -0.2) is 9.78 Å². The van der Waals surface area contributed by atoms with Gasteiger partial charge in [0.25, 0.3) is 0 Å². The van der Waals surface area contributed by atoms with Gasteiger partial charge in [0, 0.05) is 10.8 Å². The van der Waals surface area contributed by atoms with Crippen LogP contribution in [0.15, 0.2) is 22.8 Å². The first kappa shape index (κ1) is 18.5. The summed E-state index contributed by atoms with van der Waals surface area (Å²) in [6.07, 6.45) is 3.70. The van der Waals surface area contributed by atoms with Gasteiger partial charge in [0.2, 0.25) is 0 Å². The number of esters is 1. The van der Waals surface area contributed by atoms with E-state index in [4.69, 9.17) is 9.47 Å². The van der Waals surface area contributed by atoms with Crippen molar-refractivity contribution in [1.29, 1.82) is 0 Å². The maximum absolute atomic E-state index is 12.1. The summed E-state index contributed by atoms with van der Waals surface area (Å²) in [5.74, 6) is -0.161. The summed E-state index contributed by atoms with van der Waals surface area (Å²) in [4.78, 5) is 16.3. The van der Waals surface area contributed by atoms with E-state index < -0.39 is 5.97 Å². The first-order valence-corrected chi connectivity index (χ1v) is 8.99. The van der Waals surface area contributed by atoms with Gasteiger partial charge in [0.05, 0.1) is 13.2 Å². The van der Waals surface area contributed by atoms with Crippen LogP contribution in [0.4, 0.5) is 0 Å². The number of aromatic nitrogens is 1. The lowest BCUT2D eigenvalue weighted by Crippen LogP contribution is -2.09. The number of halogens is 1. The molecular formula is C18H22BrNO4. The Labute approximate surface area is 150 Å². The van der Waals surface area contributed by atoms with E-state index in [1.165, 1.54) is 0 Å². The zero-order chi connectivity index (χ0) is 17.5. The minimum absolute atomic E-state index is 0.0869. The highest BCUT2D eigenvalue weighted by atomic mass is 79.9. The average Bonchev–Trinajstić information content (AvgIpc) is 2.58.